The van der Waals surface area contributed by atoms with Gasteiger partial charge in [-0.1, -0.05) is 12.1 Å². The van der Waals surface area contributed by atoms with E-state index >= 15 is 0 Å². The molecule has 1 aromatic rings. The third-order valence-corrected chi connectivity index (χ3v) is 3.30. The Hall–Kier alpha value is -2.06. The van der Waals surface area contributed by atoms with Crippen molar-refractivity contribution in [1.29, 1.82) is 5.26 Å². The molecule has 106 valence electrons. The normalized spacial score (nSPS) is 15.3. The minimum Gasteiger partial charge on any atom is -0.482 e. The molecule has 1 heterocycles. The van der Waals surface area contributed by atoms with E-state index in [0.717, 1.165) is 26.1 Å². The molecule has 0 atom stereocenters. The molecule has 5 heteroatoms. The fourth-order valence-corrected chi connectivity index (χ4v) is 2.09. The summed E-state index contributed by atoms with van der Waals surface area (Å²) in [4.78, 5) is 11.7. The predicted molar refractivity (Wildman–Crippen MR) is 73.2 cm³/mol. The average Bonchev–Trinajstić information content (AvgIpc) is 2.52. The monoisotopic (exact) mass is 274 g/mol. The number of para-hydroxylation sites is 1. The van der Waals surface area contributed by atoms with E-state index in [1.165, 1.54) is 0 Å². The predicted octanol–water partition coefficient (Wildman–Crippen LogP) is 1.48. The largest absolute Gasteiger partial charge is 0.482 e. The Bertz CT molecular complexity index is 490. The van der Waals surface area contributed by atoms with Crippen LogP contribution in [0.1, 0.15) is 18.4 Å². The van der Waals surface area contributed by atoms with Gasteiger partial charge in [0.2, 0.25) is 0 Å². The molecule has 0 spiro atoms. The second kappa shape index (κ2) is 7.51. The molecule has 0 aromatic heterocycles. The number of benzene rings is 1. The number of hydrogen-bond acceptors (Lipinski definition) is 4. The maximum atomic E-state index is 11.7. The van der Waals surface area contributed by atoms with Crippen molar-refractivity contribution in [1.82, 2.24) is 5.32 Å². The second-order valence-electron chi connectivity index (χ2n) is 4.76. The molecule has 1 aromatic carbocycles. The van der Waals surface area contributed by atoms with Crippen LogP contribution in [-0.4, -0.2) is 32.3 Å². The SMILES string of the molecule is N#Cc1ccccc1OCC(=O)NCC1CCOCC1. The van der Waals surface area contributed by atoms with E-state index in [1.807, 2.05) is 6.07 Å². The number of carbonyl (C=O) groups is 1. The summed E-state index contributed by atoms with van der Waals surface area (Å²) in [5.41, 5.74) is 0.435. The Morgan fingerprint density at radius 2 is 2.15 bits per heavy atom. The van der Waals surface area contributed by atoms with Gasteiger partial charge in [0, 0.05) is 19.8 Å². The first-order valence-corrected chi connectivity index (χ1v) is 6.76. The van der Waals surface area contributed by atoms with E-state index in [9.17, 15) is 4.79 Å². The molecule has 1 fully saturated rings. The van der Waals surface area contributed by atoms with Gasteiger partial charge in [0.25, 0.3) is 5.91 Å². The molecule has 1 aliphatic rings. The topological polar surface area (TPSA) is 71.3 Å². The third kappa shape index (κ3) is 4.25. The summed E-state index contributed by atoms with van der Waals surface area (Å²) in [6, 6.07) is 8.91. The Kier molecular flexibility index (Phi) is 5.39. The van der Waals surface area contributed by atoms with Gasteiger partial charge in [-0.15, -0.1) is 0 Å². The quantitative estimate of drug-likeness (QED) is 0.882. The molecule has 0 saturated carbocycles. The van der Waals surface area contributed by atoms with Crippen molar-refractivity contribution < 1.29 is 14.3 Å². The summed E-state index contributed by atoms with van der Waals surface area (Å²) in [5, 5.41) is 11.8. The lowest BCUT2D eigenvalue weighted by Crippen LogP contribution is -2.35. The molecule has 1 aliphatic heterocycles. The van der Waals surface area contributed by atoms with E-state index in [1.54, 1.807) is 24.3 Å². The number of nitrogens with one attached hydrogen (secondary N) is 1. The molecule has 2 rings (SSSR count). The zero-order valence-corrected chi connectivity index (χ0v) is 11.3. The zero-order valence-electron chi connectivity index (χ0n) is 11.3. The highest BCUT2D eigenvalue weighted by atomic mass is 16.5. The second-order valence-corrected chi connectivity index (χ2v) is 4.76. The molecule has 1 N–H and O–H groups in total. The summed E-state index contributed by atoms with van der Waals surface area (Å²) in [6.07, 6.45) is 1.97. The number of hydrogen-bond donors (Lipinski definition) is 1. The summed E-state index contributed by atoms with van der Waals surface area (Å²) in [6.45, 7) is 2.13. The smallest absolute Gasteiger partial charge is 0.257 e. The van der Waals surface area contributed by atoms with Crippen molar-refractivity contribution in [3.8, 4) is 11.8 Å². The first-order chi connectivity index (χ1) is 9.79. The summed E-state index contributed by atoms with van der Waals surface area (Å²) in [7, 11) is 0. The molecule has 0 aliphatic carbocycles. The van der Waals surface area contributed by atoms with E-state index in [0.29, 0.717) is 23.8 Å². The first-order valence-electron chi connectivity index (χ1n) is 6.76. The average molecular weight is 274 g/mol. The van der Waals surface area contributed by atoms with Crippen LogP contribution < -0.4 is 10.1 Å². The fraction of sp³-hybridized carbons (Fsp3) is 0.467. The van der Waals surface area contributed by atoms with Crippen LogP contribution in [0.3, 0.4) is 0 Å². The molecule has 5 nitrogen and oxygen atoms in total. The molecule has 20 heavy (non-hydrogen) atoms. The number of rotatable bonds is 5. The molecular formula is C15H18N2O3. The van der Waals surface area contributed by atoms with Crippen molar-refractivity contribution in [2.45, 2.75) is 12.8 Å². The maximum absolute atomic E-state index is 11.7. The lowest BCUT2D eigenvalue weighted by Gasteiger charge is -2.22. The number of nitrogens with zero attached hydrogens (tertiary/aromatic N) is 1. The van der Waals surface area contributed by atoms with Crippen LogP contribution >= 0.6 is 0 Å². The van der Waals surface area contributed by atoms with Gasteiger partial charge in [0.05, 0.1) is 5.56 Å². The van der Waals surface area contributed by atoms with Gasteiger partial charge in [-0.3, -0.25) is 4.79 Å². The highest BCUT2D eigenvalue weighted by molar-refractivity contribution is 5.77. The number of nitriles is 1. The van der Waals surface area contributed by atoms with Crippen molar-refractivity contribution in [3.63, 3.8) is 0 Å². The molecule has 0 bridgehead atoms. The standard InChI is InChI=1S/C15H18N2O3/c16-9-13-3-1-2-4-14(13)20-11-15(18)17-10-12-5-7-19-8-6-12/h1-4,12H,5-8,10-11H2,(H,17,18). The van der Waals surface area contributed by atoms with Crippen LogP contribution in [0.2, 0.25) is 0 Å². The van der Waals surface area contributed by atoms with Crippen LogP contribution in [0.15, 0.2) is 24.3 Å². The van der Waals surface area contributed by atoms with Gasteiger partial charge in [-0.25, -0.2) is 0 Å². The lowest BCUT2D eigenvalue weighted by atomic mass is 10.0. The summed E-state index contributed by atoms with van der Waals surface area (Å²) < 4.78 is 10.6. The van der Waals surface area contributed by atoms with Crippen LogP contribution in [0.25, 0.3) is 0 Å². The Balaban J connectivity index is 1.73. The van der Waals surface area contributed by atoms with E-state index < -0.39 is 0 Å². The molecule has 0 radical (unpaired) electrons. The van der Waals surface area contributed by atoms with Crippen molar-refractivity contribution in [3.05, 3.63) is 29.8 Å². The third-order valence-electron chi connectivity index (χ3n) is 3.30. The molecule has 1 saturated heterocycles. The van der Waals surface area contributed by atoms with Gasteiger partial charge in [-0.2, -0.15) is 5.26 Å². The Morgan fingerprint density at radius 3 is 2.90 bits per heavy atom. The van der Waals surface area contributed by atoms with Crippen LogP contribution in [0.5, 0.6) is 5.75 Å². The van der Waals surface area contributed by atoms with Crippen LogP contribution in [0.4, 0.5) is 0 Å². The molecular weight excluding hydrogens is 256 g/mol. The van der Waals surface area contributed by atoms with E-state index in [-0.39, 0.29) is 12.5 Å². The molecule has 0 unspecified atom stereocenters. The van der Waals surface area contributed by atoms with Gasteiger partial charge < -0.3 is 14.8 Å². The van der Waals surface area contributed by atoms with Crippen LogP contribution in [-0.2, 0) is 9.53 Å². The van der Waals surface area contributed by atoms with Gasteiger partial charge >= 0.3 is 0 Å². The van der Waals surface area contributed by atoms with E-state index in [4.69, 9.17) is 14.7 Å². The van der Waals surface area contributed by atoms with Gasteiger partial charge in [0.15, 0.2) is 6.61 Å². The van der Waals surface area contributed by atoms with Crippen molar-refractivity contribution >= 4 is 5.91 Å². The maximum Gasteiger partial charge on any atom is 0.257 e. The summed E-state index contributed by atoms with van der Waals surface area (Å²) in [5.74, 6) is 0.763. The minimum absolute atomic E-state index is 0.0675. The van der Waals surface area contributed by atoms with Crippen LogP contribution in [0, 0.1) is 17.2 Å². The number of carbonyl (C=O) groups excluding carboxylic acids is 1. The van der Waals surface area contributed by atoms with E-state index in [2.05, 4.69) is 5.32 Å². The molecule has 1 amide bonds. The first kappa shape index (κ1) is 14.4. The highest BCUT2D eigenvalue weighted by Crippen LogP contribution is 2.16. The summed E-state index contributed by atoms with van der Waals surface area (Å²) >= 11 is 0. The highest BCUT2D eigenvalue weighted by Gasteiger charge is 2.14. The number of amides is 1. The fourth-order valence-electron chi connectivity index (χ4n) is 2.09. The van der Waals surface area contributed by atoms with Crippen molar-refractivity contribution in [2.24, 2.45) is 5.92 Å². The van der Waals surface area contributed by atoms with Gasteiger partial charge in [0.1, 0.15) is 11.8 Å². The van der Waals surface area contributed by atoms with Gasteiger partial charge in [-0.05, 0) is 30.9 Å². The van der Waals surface area contributed by atoms with Crippen molar-refractivity contribution in [2.75, 3.05) is 26.4 Å². The number of ether oxygens (including phenoxy) is 2. The lowest BCUT2D eigenvalue weighted by molar-refractivity contribution is -0.123. The Morgan fingerprint density at radius 1 is 1.40 bits per heavy atom. The zero-order chi connectivity index (χ0) is 14.2. The Labute approximate surface area is 118 Å². The minimum atomic E-state index is -0.163.